The van der Waals surface area contributed by atoms with E-state index in [2.05, 4.69) is 26.3 Å². The predicted octanol–water partition coefficient (Wildman–Crippen LogP) is 6.15. The van der Waals surface area contributed by atoms with Crippen molar-refractivity contribution in [2.45, 2.75) is 38.0 Å². The summed E-state index contributed by atoms with van der Waals surface area (Å²) >= 11 is 3.40. The van der Waals surface area contributed by atoms with E-state index in [0.29, 0.717) is 22.4 Å². The summed E-state index contributed by atoms with van der Waals surface area (Å²) in [5.74, 6) is -0.227. The molecule has 3 aromatic carbocycles. The molecular weight excluding hydrogens is 597 g/mol. The third-order valence-corrected chi connectivity index (χ3v) is 7.30. The van der Waals surface area contributed by atoms with Crippen molar-refractivity contribution in [3.8, 4) is 5.75 Å². The summed E-state index contributed by atoms with van der Waals surface area (Å²) in [6.07, 6.45) is 6.21. The minimum absolute atomic E-state index is 0.0395. The van der Waals surface area contributed by atoms with Crippen molar-refractivity contribution in [1.82, 2.24) is 9.66 Å². The van der Waals surface area contributed by atoms with Crippen molar-refractivity contribution in [1.29, 1.82) is 0 Å². The lowest BCUT2D eigenvalue weighted by molar-refractivity contribution is -0.384. The fraction of sp³-hybridized carbons (Fsp3) is 0.241. The maximum absolute atomic E-state index is 13.6. The maximum atomic E-state index is 13.6. The van der Waals surface area contributed by atoms with E-state index in [1.807, 2.05) is 6.07 Å². The van der Waals surface area contributed by atoms with Crippen LogP contribution in [0.15, 0.2) is 75.0 Å². The minimum Gasteiger partial charge on any atom is -0.483 e. The monoisotopic (exact) mass is 621 g/mol. The zero-order chi connectivity index (χ0) is 28.9. The highest BCUT2D eigenvalue weighted by Crippen LogP contribution is 2.32. The third kappa shape index (κ3) is 6.65. The third-order valence-electron chi connectivity index (χ3n) is 6.81. The zero-order valence-electron chi connectivity index (χ0n) is 21.8. The van der Waals surface area contributed by atoms with E-state index in [-0.39, 0.29) is 28.5 Å². The highest BCUT2D eigenvalue weighted by Gasteiger charge is 2.23. The lowest BCUT2D eigenvalue weighted by atomic mass is 9.88. The Morgan fingerprint density at radius 2 is 1.90 bits per heavy atom. The largest absolute Gasteiger partial charge is 0.483 e. The molecule has 41 heavy (non-hydrogen) atoms. The standard InChI is InChI=1S/C29H25BrFN5O5/c30-20-6-12-25-24(15-20)29(38)35(28(34-25)18-4-2-1-3-5-18)32-16-19-14-23(36(39)40)11-13-26(19)41-17-27(37)33-22-9-7-21(31)8-10-22/h6-16,18H,1-5,17H2,(H,33,37). The van der Waals surface area contributed by atoms with Crippen molar-refractivity contribution >= 4 is 50.3 Å². The van der Waals surface area contributed by atoms with Gasteiger partial charge in [-0.15, -0.1) is 0 Å². The number of anilines is 1. The fourth-order valence-corrected chi connectivity index (χ4v) is 5.14. The summed E-state index contributed by atoms with van der Waals surface area (Å²) in [6, 6.07) is 14.4. The summed E-state index contributed by atoms with van der Waals surface area (Å²) in [5, 5.41) is 18.9. The topological polar surface area (TPSA) is 129 Å². The SMILES string of the molecule is O=C(COc1ccc([N+](=O)[O-])cc1C=Nn1c(C2CCCCC2)nc2ccc(Br)cc2c1=O)Nc1ccc(F)cc1. The molecule has 210 valence electrons. The molecule has 1 aliphatic carbocycles. The molecule has 1 amide bonds. The number of carbonyl (C=O) groups is 1. The number of nitro groups is 1. The Morgan fingerprint density at radius 1 is 1.15 bits per heavy atom. The number of fused-ring (bicyclic) bond motifs is 1. The normalized spacial score (nSPS) is 13.9. The van der Waals surface area contributed by atoms with Crippen molar-refractivity contribution in [3.05, 3.63) is 103 Å². The second-order valence-electron chi connectivity index (χ2n) is 9.65. The number of hydrogen-bond acceptors (Lipinski definition) is 7. The first-order valence-electron chi connectivity index (χ1n) is 13.0. The number of nitrogens with zero attached hydrogens (tertiary/aromatic N) is 4. The van der Waals surface area contributed by atoms with E-state index in [0.717, 1.165) is 36.6 Å². The Kier molecular flexibility index (Phi) is 8.48. The van der Waals surface area contributed by atoms with Crippen molar-refractivity contribution in [2.75, 3.05) is 11.9 Å². The van der Waals surface area contributed by atoms with Gasteiger partial charge in [0.1, 0.15) is 17.4 Å². The first-order valence-corrected chi connectivity index (χ1v) is 13.8. The molecule has 10 nitrogen and oxygen atoms in total. The van der Waals surface area contributed by atoms with Crippen LogP contribution in [0.1, 0.15) is 49.4 Å². The number of rotatable bonds is 8. The molecule has 0 bridgehead atoms. The molecule has 0 aliphatic heterocycles. The number of halogens is 2. The Morgan fingerprint density at radius 3 is 2.63 bits per heavy atom. The van der Waals surface area contributed by atoms with Gasteiger partial charge < -0.3 is 10.1 Å². The lowest BCUT2D eigenvalue weighted by Gasteiger charge is -2.22. The molecule has 0 radical (unpaired) electrons. The molecule has 1 saturated carbocycles. The van der Waals surface area contributed by atoms with Crippen LogP contribution in [0.25, 0.3) is 10.9 Å². The van der Waals surface area contributed by atoms with Crippen LogP contribution < -0.4 is 15.6 Å². The second kappa shape index (κ2) is 12.4. The highest BCUT2D eigenvalue weighted by atomic mass is 79.9. The first kappa shape index (κ1) is 28.1. The molecule has 0 saturated heterocycles. The molecule has 0 spiro atoms. The summed E-state index contributed by atoms with van der Waals surface area (Å²) in [7, 11) is 0. The molecule has 1 N–H and O–H groups in total. The number of carbonyl (C=O) groups excluding carboxylic acids is 1. The van der Waals surface area contributed by atoms with E-state index in [1.165, 1.54) is 53.4 Å². The second-order valence-corrected chi connectivity index (χ2v) is 10.6. The maximum Gasteiger partial charge on any atom is 0.282 e. The predicted molar refractivity (Wildman–Crippen MR) is 156 cm³/mol. The van der Waals surface area contributed by atoms with Crippen molar-refractivity contribution in [2.24, 2.45) is 5.10 Å². The van der Waals surface area contributed by atoms with E-state index in [9.17, 15) is 24.1 Å². The van der Waals surface area contributed by atoms with Crippen LogP contribution in [0.5, 0.6) is 5.75 Å². The Bertz CT molecular complexity index is 1700. The van der Waals surface area contributed by atoms with E-state index in [1.54, 1.807) is 12.1 Å². The molecule has 4 aromatic rings. The van der Waals surface area contributed by atoms with Gasteiger partial charge >= 0.3 is 0 Å². The van der Waals surface area contributed by atoms with Crippen LogP contribution in [0, 0.1) is 15.9 Å². The van der Waals surface area contributed by atoms with Crippen molar-refractivity contribution in [3.63, 3.8) is 0 Å². The molecule has 1 fully saturated rings. The quantitative estimate of drug-likeness (QED) is 0.143. The van der Waals surface area contributed by atoms with Gasteiger partial charge in [0.2, 0.25) is 0 Å². The van der Waals surface area contributed by atoms with Crippen LogP contribution >= 0.6 is 15.9 Å². The van der Waals surface area contributed by atoms with Crippen LogP contribution in [0.2, 0.25) is 0 Å². The van der Waals surface area contributed by atoms with Gasteiger partial charge in [0.05, 0.1) is 22.0 Å². The van der Waals surface area contributed by atoms with Crippen LogP contribution in [0.3, 0.4) is 0 Å². The molecule has 1 aromatic heterocycles. The van der Waals surface area contributed by atoms with Gasteiger partial charge in [-0.1, -0.05) is 35.2 Å². The molecule has 12 heteroatoms. The summed E-state index contributed by atoms with van der Waals surface area (Å²) in [6.45, 7) is -0.422. The van der Waals surface area contributed by atoms with E-state index < -0.39 is 23.3 Å². The molecule has 0 atom stereocenters. The number of hydrogen-bond donors (Lipinski definition) is 1. The lowest BCUT2D eigenvalue weighted by Crippen LogP contribution is -2.25. The van der Waals surface area contributed by atoms with Gasteiger partial charge in [-0.3, -0.25) is 19.7 Å². The Balaban J connectivity index is 1.48. The number of ether oxygens (including phenoxy) is 1. The van der Waals surface area contributed by atoms with Gasteiger partial charge in [-0.2, -0.15) is 9.78 Å². The Labute approximate surface area is 242 Å². The van der Waals surface area contributed by atoms with Gasteiger partial charge in [0.25, 0.3) is 17.2 Å². The van der Waals surface area contributed by atoms with Gasteiger partial charge in [-0.05, 0) is 61.4 Å². The van der Waals surface area contributed by atoms with Gasteiger partial charge in [-0.25, -0.2) is 9.37 Å². The average molecular weight is 622 g/mol. The van der Waals surface area contributed by atoms with E-state index in [4.69, 9.17) is 9.72 Å². The zero-order valence-corrected chi connectivity index (χ0v) is 23.3. The average Bonchev–Trinajstić information content (AvgIpc) is 2.97. The summed E-state index contributed by atoms with van der Waals surface area (Å²) in [4.78, 5) is 41.8. The summed E-state index contributed by atoms with van der Waals surface area (Å²) in [5.41, 5.74) is 0.576. The fourth-order valence-electron chi connectivity index (χ4n) is 4.78. The first-order chi connectivity index (χ1) is 19.8. The highest BCUT2D eigenvalue weighted by molar-refractivity contribution is 9.10. The van der Waals surface area contributed by atoms with Crippen LogP contribution in [-0.4, -0.2) is 33.3 Å². The number of benzene rings is 3. The Hall–Kier alpha value is -4.45. The summed E-state index contributed by atoms with van der Waals surface area (Å²) < 4.78 is 20.8. The molecular formula is C29H25BrFN5O5. The minimum atomic E-state index is -0.558. The molecule has 1 aliphatic rings. The van der Waals surface area contributed by atoms with Crippen molar-refractivity contribution < 1.29 is 18.8 Å². The van der Waals surface area contributed by atoms with Crippen LogP contribution in [0.4, 0.5) is 15.8 Å². The molecule has 5 rings (SSSR count). The van der Waals surface area contributed by atoms with Crippen LogP contribution in [-0.2, 0) is 4.79 Å². The number of nitrogens with one attached hydrogen (secondary N) is 1. The van der Waals surface area contributed by atoms with Gasteiger partial charge in [0, 0.05) is 33.8 Å². The smallest absolute Gasteiger partial charge is 0.282 e. The number of amides is 1. The van der Waals surface area contributed by atoms with Gasteiger partial charge in [0.15, 0.2) is 6.61 Å². The number of non-ortho nitro benzene ring substituents is 1. The molecule has 0 unspecified atom stereocenters. The number of aromatic nitrogens is 2. The molecule has 1 heterocycles. The van der Waals surface area contributed by atoms with E-state index >= 15 is 0 Å². The number of nitro benzene ring substituents is 1.